The Balaban J connectivity index is 3.04. The Hall–Kier alpha value is -1.27. The molecule has 1 rings (SSSR count). The molecular formula is C14H20F3NO2. The highest BCUT2D eigenvalue weighted by Gasteiger charge is 2.35. The van der Waals surface area contributed by atoms with E-state index < -0.39 is 18.0 Å². The Kier molecular flexibility index (Phi) is 5.42. The highest BCUT2D eigenvalue weighted by Crippen LogP contribution is 2.34. The normalized spacial score (nSPS) is 14.2. The molecule has 0 bridgehead atoms. The molecule has 2 N–H and O–H groups in total. The summed E-state index contributed by atoms with van der Waals surface area (Å²) < 4.78 is 46.1. The van der Waals surface area contributed by atoms with Gasteiger partial charge in [-0.25, -0.2) is 0 Å². The van der Waals surface area contributed by atoms with Crippen molar-refractivity contribution < 1.29 is 22.6 Å². The largest absolute Gasteiger partial charge is 0.573 e. The lowest BCUT2D eigenvalue weighted by Crippen LogP contribution is -2.42. The topological polar surface area (TPSA) is 44.5 Å². The van der Waals surface area contributed by atoms with Crippen LogP contribution in [0.4, 0.5) is 13.2 Å². The van der Waals surface area contributed by atoms with Crippen LogP contribution in [0, 0.1) is 0 Å². The zero-order valence-electron chi connectivity index (χ0n) is 11.8. The maximum Gasteiger partial charge on any atom is 0.573 e. The molecule has 1 aromatic rings. The molecule has 0 radical (unpaired) electrons. The molecule has 0 saturated heterocycles. The van der Waals surface area contributed by atoms with Gasteiger partial charge in [-0.1, -0.05) is 26.0 Å². The number of hydrogen-bond donors (Lipinski definition) is 1. The molecule has 0 amide bonds. The second kappa shape index (κ2) is 6.45. The van der Waals surface area contributed by atoms with Crippen molar-refractivity contribution in [3.05, 3.63) is 29.8 Å². The van der Waals surface area contributed by atoms with Gasteiger partial charge < -0.3 is 15.2 Å². The van der Waals surface area contributed by atoms with E-state index in [2.05, 4.69) is 4.74 Å². The lowest BCUT2D eigenvalue weighted by molar-refractivity contribution is -0.274. The van der Waals surface area contributed by atoms with Gasteiger partial charge in [-0.3, -0.25) is 0 Å². The summed E-state index contributed by atoms with van der Waals surface area (Å²) in [6, 6.07) is 5.18. The third-order valence-electron chi connectivity index (χ3n) is 3.62. The van der Waals surface area contributed by atoms with Gasteiger partial charge in [-0.05, 0) is 30.5 Å². The van der Waals surface area contributed by atoms with Gasteiger partial charge in [0, 0.05) is 7.11 Å². The van der Waals surface area contributed by atoms with Gasteiger partial charge in [0.1, 0.15) is 5.75 Å². The molecule has 0 aliphatic carbocycles. The summed E-state index contributed by atoms with van der Waals surface area (Å²) in [6.45, 7) is 3.87. The van der Waals surface area contributed by atoms with E-state index in [1.807, 2.05) is 13.8 Å². The van der Waals surface area contributed by atoms with Crippen LogP contribution in [-0.4, -0.2) is 19.1 Å². The Morgan fingerprint density at radius 3 is 2.25 bits per heavy atom. The number of methoxy groups -OCH3 is 1. The fourth-order valence-electron chi connectivity index (χ4n) is 2.31. The van der Waals surface area contributed by atoms with E-state index in [4.69, 9.17) is 10.5 Å². The number of ether oxygens (including phenoxy) is 2. The van der Waals surface area contributed by atoms with Gasteiger partial charge in [0.15, 0.2) is 0 Å². The number of nitrogens with two attached hydrogens (primary N) is 1. The second-order valence-electron chi connectivity index (χ2n) is 4.57. The quantitative estimate of drug-likeness (QED) is 0.867. The molecule has 6 heteroatoms. The highest BCUT2D eigenvalue weighted by atomic mass is 19.4. The van der Waals surface area contributed by atoms with Gasteiger partial charge in [0.05, 0.1) is 11.6 Å². The van der Waals surface area contributed by atoms with Crippen LogP contribution >= 0.6 is 0 Å². The lowest BCUT2D eigenvalue weighted by Gasteiger charge is -2.36. The van der Waals surface area contributed by atoms with Crippen LogP contribution < -0.4 is 10.5 Å². The predicted octanol–water partition coefficient (Wildman–Crippen LogP) is 3.79. The van der Waals surface area contributed by atoms with Gasteiger partial charge in [-0.15, -0.1) is 13.2 Å². The van der Waals surface area contributed by atoms with Crippen LogP contribution in [0.3, 0.4) is 0 Å². The van der Waals surface area contributed by atoms with E-state index in [0.29, 0.717) is 18.4 Å². The molecule has 0 spiro atoms. The standard InChI is InChI=1S/C14H20F3NO2/c1-4-13(5-2,19-3)12(18)10-7-6-8-11(9-10)20-14(15,16)17/h6-9,12H,4-5,18H2,1-3H3. The van der Waals surface area contributed by atoms with Crippen LogP contribution in [0.2, 0.25) is 0 Å². The molecule has 20 heavy (non-hydrogen) atoms. The molecule has 0 heterocycles. The Morgan fingerprint density at radius 2 is 1.80 bits per heavy atom. The monoisotopic (exact) mass is 291 g/mol. The summed E-state index contributed by atoms with van der Waals surface area (Å²) in [5.41, 5.74) is 6.13. The molecule has 3 nitrogen and oxygen atoms in total. The smallest absolute Gasteiger partial charge is 0.406 e. The minimum Gasteiger partial charge on any atom is -0.406 e. The van der Waals surface area contributed by atoms with Gasteiger partial charge in [0.2, 0.25) is 0 Å². The summed E-state index contributed by atoms with van der Waals surface area (Å²) in [5, 5.41) is 0. The first-order chi connectivity index (χ1) is 9.28. The van der Waals surface area contributed by atoms with Crippen molar-refractivity contribution >= 4 is 0 Å². The highest BCUT2D eigenvalue weighted by molar-refractivity contribution is 5.32. The number of halogens is 3. The van der Waals surface area contributed by atoms with Gasteiger partial charge in [0.25, 0.3) is 0 Å². The van der Waals surface area contributed by atoms with Crippen molar-refractivity contribution in [1.82, 2.24) is 0 Å². The maximum absolute atomic E-state index is 12.2. The maximum atomic E-state index is 12.2. The summed E-state index contributed by atoms with van der Waals surface area (Å²) >= 11 is 0. The van der Waals surface area contributed by atoms with E-state index in [9.17, 15) is 13.2 Å². The zero-order chi connectivity index (χ0) is 15.4. The Morgan fingerprint density at radius 1 is 1.20 bits per heavy atom. The third-order valence-corrected chi connectivity index (χ3v) is 3.62. The third kappa shape index (κ3) is 3.86. The fourth-order valence-corrected chi connectivity index (χ4v) is 2.31. The number of rotatable bonds is 6. The minimum atomic E-state index is -4.71. The first-order valence-electron chi connectivity index (χ1n) is 6.44. The van der Waals surface area contributed by atoms with Crippen molar-refractivity contribution in [1.29, 1.82) is 0 Å². The molecule has 0 fully saturated rings. The molecular weight excluding hydrogens is 271 g/mol. The Labute approximate surface area is 116 Å². The van der Waals surface area contributed by atoms with Crippen LogP contribution in [-0.2, 0) is 4.74 Å². The molecule has 0 aromatic heterocycles. The molecule has 0 aliphatic heterocycles. The van der Waals surface area contributed by atoms with Gasteiger partial charge in [-0.2, -0.15) is 0 Å². The summed E-state index contributed by atoms with van der Waals surface area (Å²) in [6.07, 6.45) is -3.40. The van der Waals surface area contributed by atoms with E-state index in [1.54, 1.807) is 13.2 Å². The second-order valence-corrected chi connectivity index (χ2v) is 4.57. The van der Waals surface area contributed by atoms with E-state index in [-0.39, 0.29) is 5.75 Å². The van der Waals surface area contributed by atoms with E-state index >= 15 is 0 Å². The summed E-state index contributed by atoms with van der Waals surface area (Å²) in [4.78, 5) is 0. The summed E-state index contributed by atoms with van der Waals surface area (Å²) in [7, 11) is 1.56. The molecule has 1 aromatic carbocycles. The minimum absolute atomic E-state index is 0.275. The Bertz CT molecular complexity index is 422. The first kappa shape index (κ1) is 16.8. The first-order valence-corrected chi connectivity index (χ1v) is 6.44. The van der Waals surface area contributed by atoms with E-state index in [0.717, 1.165) is 0 Å². The van der Waals surface area contributed by atoms with Crippen LogP contribution in [0.1, 0.15) is 38.3 Å². The average Bonchev–Trinajstić information content (AvgIpc) is 2.39. The molecule has 0 aliphatic rings. The van der Waals surface area contributed by atoms with Crippen molar-refractivity contribution in [2.24, 2.45) is 5.73 Å². The predicted molar refractivity (Wildman–Crippen MR) is 70.4 cm³/mol. The van der Waals surface area contributed by atoms with Crippen molar-refractivity contribution in [3.8, 4) is 5.75 Å². The molecule has 1 unspecified atom stereocenters. The lowest BCUT2D eigenvalue weighted by atomic mass is 9.84. The van der Waals surface area contributed by atoms with Crippen LogP contribution in [0.25, 0.3) is 0 Å². The molecule has 114 valence electrons. The SMILES string of the molecule is CCC(CC)(OC)C(N)c1cccc(OC(F)(F)F)c1. The summed E-state index contributed by atoms with van der Waals surface area (Å²) in [5.74, 6) is -0.275. The number of alkyl halides is 3. The van der Waals surface area contributed by atoms with Crippen molar-refractivity contribution in [2.45, 2.75) is 44.7 Å². The number of benzene rings is 1. The van der Waals surface area contributed by atoms with Crippen LogP contribution in [0.15, 0.2) is 24.3 Å². The van der Waals surface area contributed by atoms with Crippen LogP contribution in [0.5, 0.6) is 5.75 Å². The molecule has 0 saturated carbocycles. The fraction of sp³-hybridized carbons (Fsp3) is 0.571. The van der Waals surface area contributed by atoms with Gasteiger partial charge >= 0.3 is 6.36 Å². The average molecular weight is 291 g/mol. The zero-order valence-corrected chi connectivity index (χ0v) is 11.8. The van der Waals surface area contributed by atoms with Crippen molar-refractivity contribution in [2.75, 3.05) is 7.11 Å². The molecule has 1 atom stereocenters. The van der Waals surface area contributed by atoms with E-state index in [1.165, 1.54) is 18.2 Å². The number of hydrogen-bond acceptors (Lipinski definition) is 3. The van der Waals surface area contributed by atoms with Crippen molar-refractivity contribution in [3.63, 3.8) is 0 Å².